The number of hydrogen-bond donors (Lipinski definition) is 3. The second-order valence-corrected chi connectivity index (χ2v) is 6.97. The lowest BCUT2D eigenvalue weighted by molar-refractivity contribution is -0.143. The Hall–Kier alpha value is -2.95. The van der Waals surface area contributed by atoms with Crippen LogP contribution >= 0.6 is 11.8 Å². The number of fused-ring (bicyclic) bond motifs is 1. The Morgan fingerprint density at radius 3 is 2.57 bits per heavy atom. The van der Waals surface area contributed by atoms with E-state index < -0.39 is 41.9 Å². The van der Waals surface area contributed by atoms with Crippen LogP contribution in [0.25, 0.3) is 10.9 Å². The van der Waals surface area contributed by atoms with E-state index in [1.54, 1.807) is 24.3 Å². The van der Waals surface area contributed by atoms with Gasteiger partial charge in [0.25, 0.3) is 5.56 Å². The number of carboxylic acid groups (broad SMARTS) is 2. The molecule has 1 aromatic carbocycles. The Balaban J connectivity index is 2.33. The summed E-state index contributed by atoms with van der Waals surface area (Å²) in [4.78, 5) is 47.6. The van der Waals surface area contributed by atoms with Gasteiger partial charge in [-0.25, -0.2) is 4.79 Å². The Morgan fingerprint density at radius 1 is 1.21 bits per heavy atom. The van der Waals surface area contributed by atoms with E-state index in [-0.39, 0.29) is 12.8 Å². The van der Waals surface area contributed by atoms with E-state index in [1.807, 2.05) is 6.26 Å². The zero-order chi connectivity index (χ0) is 20.7. The molecule has 0 saturated carbocycles. The van der Waals surface area contributed by atoms with Gasteiger partial charge >= 0.3 is 11.9 Å². The molecule has 0 radical (unpaired) electrons. The van der Waals surface area contributed by atoms with Crippen LogP contribution in [0.4, 0.5) is 0 Å². The molecule has 1 heterocycles. The molecule has 28 heavy (non-hydrogen) atoms. The van der Waals surface area contributed by atoms with Gasteiger partial charge in [-0.05, 0) is 37.0 Å². The summed E-state index contributed by atoms with van der Waals surface area (Å²) >= 11 is 1.45. The molecule has 0 saturated heterocycles. The van der Waals surface area contributed by atoms with E-state index in [1.165, 1.54) is 11.8 Å². The highest BCUT2D eigenvalue weighted by molar-refractivity contribution is 7.98. The first kappa shape index (κ1) is 21.4. The number of aromatic nitrogens is 3. The largest absolute Gasteiger partial charge is 0.481 e. The van der Waals surface area contributed by atoms with Gasteiger partial charge in [0, 0.05) is 6.42 Å². The SMILES string of the molecule is CSCCC(C(=O)NC(CCC(=O)O)C(=O)O)n1nnc2ccccc2c1=O. The van der Waals surface area contributed by atoms with Crippen molar-refractivity contribution in [1.82, 2.24) is 20.3 Å². The first-order valence-corrected chi connectivity index (χ1v) is 9.82. The van der Waals surface area contributed by atoms with Gasteiger partial charge in [0.15, 0.2) is 0 Å². The summed E-state index contributed by atoms with van der Waals surface area (Å²) in [7, 11) is 0. The quantitative estimate of drug-likeness (QED) is 0.511. The van der Waals surface area contributed by atoms with Crippen molar-refractivity contribution in [1.29, 1.82) is 0 Å². The molecule has 2 aromatic rings. The number of nitrogens with one attached hydrogen (secondary N) is 1. The van der Waals surface area contributed by atoms with Crippen molar-refractivity contribution in [3.8, 4) is 0 Å². The van der Waals surface area contributed by atoms with Crippen LogP contribution < -0.4 is 10.9 Å². The van der Waals surface area contributed by atoms with Crippen LogP contribution in [0.5, 0.6) is 0 Å². The first-order valence-electron chi connectivity index (χ1n) is 8.43. The second kappa shape index (κ2) is 9.83. The molecule has 0 spiro atoms. The second-order valence-electron chi connectivity index (χ2n) is 5.99. The third-order valence-electron chi connectivity index (χ3n) is 4.05. The third kappa shape index (κ3) is 5.28. The van der Waals surface area contributed by atoms with Crippen molar-refractivity contribution in [3.63, 3.8) is 0 Å². The molecule has 3 N–H and O–H groups in total. The lowest BCUT2D eigenvalue weighted by atomic mass is 10.1. The van der Waals surface area contributed by atoms with E-state index in [2.05, 4.69) is 15.6 Å². The van der Waals surface area contributed by atoms with Gasteiger partial charge in [-0.2, -0.15) is 16.4 Å². The number of carbonyl (C=O) groups is 3. The summed E-state index contributed by atoms with van der Waals surface area (Å²) < 4.78 is 0.948. The van der Waals surface area contributed by atoms with Crippen molar-refractivity contribution in [2.24, 2.45) is 0 Å². The molecular weight excluding hydrogens is 388 g/mol. The summed E-state index contributed by atoms with van der Waals surface area (Å²) in [5.41, 5.74) is -0.123. The van der Waals surface area contributed by atoms with Gasteiger partial charge in [-0.15, -0.1) is 5.10 Å². The van der Waals surface area contributed by atoms with Crippen LogP contribution in [0.15, 0.2) is 29.1 Å². The molecule has 1 aromatic heterocycles. The minimum atomic E-state index is -1.38. The highest BCUT2D eigenvalue weighted by Gasteiger charge is 2.28. The fourth-order valence-electron chi connectivity index (χ4n) is 2.59. The van der Waals surface area contributed by atoms with Gasteiger partial charge in [0.2, 0.25) is 5.91 Å². The molecule has 150 valence electrons. The molecule has 10 nitrogen and oxygen atoms in total. The number of rotatable bonds is 10. The smallest absolute Gasteiger partial charge is 0.326 e. The number of aliphatic carboxylic acids is 2. The van der Waals surface area contributed by atoms with Crippen LogP contribution in [0.1, 0.15) is 25.3 Å². The van der Waals surface area contributed by atoms with Crippen molar-refractivity contribution in [2.75, 3.05) is 12.0 Å². The molecule has 2 rings (SSSR count). The number of nitrogens with zero attached hydrogens (tertiary/aromatic N) is 3. The van der Waals surface area contributed by atoms with Gasteiger partial charge in [0.05, 0.1) is 5.39 Å². The van der Waals surface area contributed by atoms with Crippen molar-refractivity contribution < 1.29 is 24.6 Å². The average Bonchev–Trinajstić information content (AvgIpc) is 2.66. The fourth-order valence-corrected chi connectivity index (χ4v) is 3.05. The summed E-state index contributed by atoms with van der Waals surface area (Å²) in [5, 5.41) is 28.4. The summed E-state index contributed by atoms with van der Waals surface area (Å²) in [5.74, 6) is -2.73. The first-order chi connectivity index (χ1) is 13.3. The number of carboxylic acids is 2. The van der Waals surface area contributed by atoms with Crippen LogP contribution in [0.2, 0.25) is 0 Å². The standard InChI is InChI=1S/C17H20N4O6S/c1-28-9-8-13(15(24)18-12(17(26)27)6-7-14(22)23)21-16(25)10-4-2-3-5-11(10)19-20-21/h2-5,12-13H,6-9H2,1H3,(H,18,24)(H,22,23)(H,26,27). The average molecular weight is 408 g/mol. The maximum atomic E-state index is 12.8. The van der Waals surface area contributed by atoms with Crippen molar-refractivity contribution >= 4 is 40.5 Å². The topological polar surface area (TPSA) is 151 Å². The van der Waals surface area contributed by atoms with E-state index in [4.69, 9.17) is 5.11 Å². The Bertz CT molecular complexity index is 931. The van der Waals surface area contributed by atoms with Crippen molar-refractivity contribution in [2.45, 2.75) is 31.3 Å². The van der Waals surface area contributed by atoms with Gasteiger partial charge < -0.3 is 15.5 Å². The maximum Gasteiger partial charge on any atom is 0.326 e. The third-order valence-corrected chi connectivity index (χ3v) is 4.69. The Kier molecular flexibility index (Phi) is 7.50. The maximum absolute atomic E-state index is 12.8. The Labute approximate surface area is 163 Å². The predicted molar refractivity (Wildman–Crippen MR) is 102 cm³/mol. The van der Waals surface area contributed by atoms with E-state index in [9.17, 15) is 24.3 Å². The van der Waals surface area contributed by atoms with Gasteiger partial charge in [-0.1, -0.05) is 17.3 Å². The summed E-state index contributed by atoms with van der Waals surface area (Å²) in [6.07, 6.45) is 1.37. The molecule has 11 heteroatoms. The fraction of sp³-hybridized carbons (Fsp3) is 0.412. The molecule has 0 aliphatic rings. The molecule has 1 amide bonds. The van der Waals surface area contributed by atoms with Crippen LogP contribution in [-0.4, -0.2) is 61.1 Å². The normalized spacial score (nSPS) is 13.0. The minimum Gasteiger partial charge on any atom is -0.481 e. The highest BCUT2D eigenvalue weighted by atomic mass is 32.2. The van der Waals surface area contributed by atoms with Crippen LogP contribution in [-0.2, 0) is 14.4 Å². The van der Waals surface area contributed by atoms with Gasteiger partial charge in [-0.3, -0.25) is 14.4 Å². The Morgan fingerprint density at radius 2 is 1.93 bits per heavy atom. The lowest BCUT2D eigenvalue weighted by Gasteiger charge is -2.20. The summed E-state index contributed by atoms with van der Waals surface area (Å²) in [6, 6.07) is 4.11. The molecular formula is C17H20N4O6S. The number of hydrogen-bond acceptors (Lipinski definition) is 7. The highest BCUT2D eigenvalue weighted by Crippen LogP contribution is 2.14. The number of thioether (sulfide) groups is 1. The van der Waals surface area contributed by atoms with Crippen molar-refractivity contribution in [3.05, 3.63) is 34.6 Å². The number of amides is 1. The zero-order valence-electron chi connectivity index (χ0n) is 15.1. The monoisotopic (exact) mass is 408 g/mol. The lowest BCUT2D eigenvalue weighted by Crippen LogP contribution is -2.46. The summed E-state index contributed by atoms with van der Waals surface area (Å²) in [6.45, 7) is 0. The van der Waals surface area contributed by atoms with Crippen LogP contribution in [0, 0.1) is 0 Å². The molecule has 2 atom stereocenters. The number of carbonyl (C=O) groups excluding carboxylic acids is 1. The van der Waals surface area contributed by atoms with E-state index in [0.717, 1.165) is 4.68 Å². The molecule has 2 unspecified atom stereocenters. The molecule has 0 aliphatic carbocycles. The van der Waals surface area contributed by atoms with E-state index >= 15 is 0 Å². The predicted octanol–water partition coefficient (Wildman–Crippen LogP) is 0.520. The molecule has 0 aliphatic heterocycles. The van der Waals surface area contributed by atoms with Crippen LogP contribution in [0.3, 0.4) is 0 Å². The molecule has 0 fully saturated rings. The molecule has 0 bridgehead atoms. The van der Waals surface area contributed by atoms with E-state index in [0.29, 0.717) is 16.7 Å². The minimum absolute atomic E-state index is 0.227. The number of benzene rings is 1. The zero-order valence-corrected chi connectivity index (χ0v) is 15.9. The van der Waals surface area contributed by atoms with Gasteiger partial charge in [0.1, 0.15) is 17.6 Å².